The predicted octanol–water partition coefficient (Wildman–Crippen LogP) is 3.40. The Morgan fingerprint density at radius 3 is 2.67 bits per heavy atom. The smallest absolute Gasteiger partial charge is 0.196 e. The molecule has 3 rings (SSSR count). The van der Waals surface area contributed by atoms with E-state index in [0.717, 1.165) is 21.9 Å². The minimum atomic E-state index is -0.208. The number of hydrogen-bond acceptors (Lipinski definition) is 4. The lowest BCUT2D eigenvalue weighted by atomic mass is 10.1. The second kappa shape index (κ2) is 5.69. The number of pyridine rings is 1. The summed E-state index contributed by atoms with van der Waals surface area (Å²) in [6.07, 6.45) is 1.90. The monoisotopic (exact) mass is 297 g/mol. The van der Waals surface area contributed by atoms with E-state index in [1.54, 1.807) is 0 Å². The molecule has 0 aliphatic heterocycles. The molecular formula is C16H15N3OS. The highest BCUT2D eigenvalue weighted by atomic mass is 32.2. The van der Waals surface area contributed by atoms with Crippen molar-refractivity contribution in [3.63, 3.8) is 0 Å². The maximum Gasteiger partial charge on any atom is 0.196 e. The summed E-state index contributed by atoms with van der Waals surface area (Å²) in [4.78, 5) is 12.4. The van der Waals surface area contributed by atoms with Crippen LogP contribution in [-0.4, -0.2) is 25.6 Å². The highest BCUT2D eigenvalue weighted by Crippen LogP contribution is 2.24. The van der Waals surface area contributed by atoms with Crippen LogP contribution in [0.25, 0.3) is 5.65 Å². The van der Waals surface area contributed by atoms with Gasteiger partial charge in [0, 0.05) is 11.8 Å². The summed E-state index contributed by atoms with van der Waals surface area (Å²) in [7, 11) is 0. The molecule has 5 heteroatoms. The van der Waals surface area contributed by atoms with Gasteiger partial charge < -0.3 is 0 Å². The van der Waals surface area contributed by atoms with Crippen molar-refractivity contribution in [3.8, 4) is 0 Å². The Labute approximate surface area is 127 Å². The molecule has 0 amide bonds. The molecule has 2 aromatic heterocycles. The quantitative estimate of drug-likeness (QED) is 0.547. The fraction of sp³-hybridized carbons (Fsp3) is 0.188. The van der Waals surface area contributed by atoms with Crippen molar-refractivity contribution < 1.29 is 4.79 Å². The number of aryl methyl sites for hydroxylation is 1. The zero-order valence-electron chi connectivity index (χ0n) is 11.9. The number of aromatic nitrogens is 3. The fourth-order valence-corrected chi connectivity index (χ4v) is 2.98. The van der Waals surface area contributed by atoms with Crippen LogP contribution in [0.2, 0.25) is 0 Å². The van der Waals surface area contributed by atoms with Gasteiger partial charge in [-0.05, 0) is 26.0 Å². The van der Waals surface area contributed by atoms with E-state index in [4.69, 9.17) is 0 Å². The topological polar surface area (TPSA) is 47.3 Å². The van der Waals surface area contributed by atoms with E-state index >= 15 is 0 Å². The van der Waals surface area contributed by atoms with Gasteiger partial charge in [0.25, 0.3) is 0 Å². The zero-order valence-corrected chi connectivity index (χ0v) is 12.7. The van der Waals surface area contributed by atoms with Gasteiger partial charge in [-0.1, -0.05) is 47.7 Å². The van der Waals surface area contributed by atoms with Gasteiger partial charge >= 0.3 is 0 Å². The summed E-state index contributed by atoms with van der Waals surface area (Å²) in [6, 6.07) is 13.4. The molecule has 0 aliphatic rings. The highest BCUT2D eigenvalue weighted by molar-refractivity contribution is 8.00. The minimum absolute atomic E-state index is 0.104. The van der Waals surface area contributed by atoms with Crippen LogP contribution >= 0.6 is 11.8 Å². The lowest BCUT2D eigenvalue weighted by Crippen LogP contribution is -2.14. The molecule has 0 radical (unpaired) electrons. The van der Waals surface area contributed by atoms with Crippen LogP contribution < -0.4 is 0 Å². The summed E-state index contributed by atoms with van der Waals surface area (Å²) in [5.41, 5.74) is 2.67. The van der Waals surface area contributed by atoms with Crippen molar-refractivity contribution in [3.05, 3.63) is 59.8 Å². The van der Waals surface area contributed by atoms with Gasteiger partial charge in [-0.15, -0.1) is 10.2 Å². The standard InChI is InChI=1S/C16H15N3OS/c1-11-6-8-13(9-7-11)15(20)12(2)21-16-18-17-14-5-3-4-10-19(14)16/h3-10,12H,1-2H3. The molecule has 0 saturated carbocycles. The Bertz CT molecular complexity index is 780. The number of rotatable bonds is 4. The van der Waals surface area contributed by atoms with Crippen molar-refractivity contribution in [2.24, 2.45) is 0 Å². The zero-order chi connectivity index (χ0) is 14.8. The van der Waals surface area contributed by atoms with E-state index in [2.05, 4.69) is 10.2 Å². The van der Waals surface area contributed by atoms with Gasteiger partial charge in [0.1, 0.15) is 0 Å². The number of hydrogen-bond donors (Lipinski definition) is 0. The first-order valence-electron chi connectivity index (χ1n) is 6.72. The van der Waals surface area contributed by atoms with E-state index in [-0.39, 0.29) is 11.0 Å². The lowest BCUT2D eigenvalue weighted by molar-refractivity contribution is 0.0994. The number of benzene rings is 1. The van der Waals surface area contributed by atoms with Gasteiger partial charge in [0.05, 0.1) is 5.25 Å². The molecular weight excluding hydrogens is 282 g/mol. The van der Waals surface area contributed by atoms with Crippen LogP contribution in [0.1, 0.15) is 22.8 Å². The summed E-state index contributed by atoms with van der Waals surface area (Å²) in [6.45, 7) is 3.91. The Morgan fingerprint density at radius 2 is 1.90 bits per heavy atom. The molecule has 0 N–H and O–H groups in total. The van der Waals surface area contributed by atoms with Crippen molar-refractivity contribution in [1.82, 2.24) is 14.6 Å². The predicted molar refractivity (Wildman–Crippen MR) is 83.8 cm³/mol. The molecule has 0 aliphatic carbocycles. The minimum Gasteiger partial charge on any atom is -0.293 e. The van der Waals surface area contributed by atoms with Crippen molar-refractivity contribution in [2.45, 2.75) is 24.3 Å². The third-order valence-corrected chi connectivity index (χ3v) is 4.33. The van der Waals surface area contributed by atoms with Crippen molar-refractivity contribution in [1.29, 1.82) is 0 Å². The van der Waals surface area contributed by atoms with Gasteiger partial charge in [-0.2, -0.15) is 0 Å². The Morgan fingerprint density at radius 1 is 1.14 bits per heavy atom. The van der Waals surface area contributed by atoms with Crippen LogP contribution in [0.15, 0.2) is 53.8 Å². The fourth-order valence-electron chi connectivity index (χ4n) is 2.06. The molecule has 1 atom stereocenters. The van der Waals surface area contributed by atoms with E-state index in [0.29, 0.717) is 0 Å². The molecule has 0 bridgehead atoms. The second-order valence-electron chi connectivity index (χ2n) is 4.90. The maximum atomic E-state index is 12.4. The SMILES string of the molecule is Cc1ccc(C(=O)C(C)Sc2nnc3ccccn23)cc1. The molecule has 2 heterocycles. The average molecular weight is 297 g/mol. The number of nitrogens with zero attached hydrogens (tertiary/aromatic N) is 3. The largest absolute Gasteiger partial charge is 0.293 e. The van der Waals surface area contributed by atoms with E-state index < -0.39 is 0 Å². The molecule has 4 nitrogen and oxygen atoms in total. The van der Waals surface area contributed by atoms with Crippen molar-refractivity contribution >= 4 is 23.2 Å². The number of carbonyl (C=O) groups is 1. The number of ketones is 1. The van der Waals surface area contributed by atoms with E-state index in [1.165, 1.54) is 11.8 Å². The third-order valence-electron chi connectivity index (χ3n) is 3.27. The number of carbonyl (C=O) groups excluding carboxylic acids is 1. The first kappa shape index (κ1) is 13.8. The lowest BCUT2D eigenvalue weighted by Gasteiger charge is -2.09. The molecule has 3 aromatic rings. The summed E-state index contributed by atoms with van der Waals surface area (Å²) in [5.74, 6) is 0.104. The van der Waals surface area contributed by atoms with Crippen LogP contribution in [0.5, 0.6) is 0 Å². The van der Waals surface area contributed by atoms with E-state index in [9.17, 15) is 4.79 Å². The Balaban J connectivity index is 1.81. The molecule has 1 aromatic carbocycles. The first-order valence-corrected chi connectivity index (χ1v) is 7.60. The van der Waals surface area contributed by atoms with Gasteiger partial charge in [-0.25, -0.2) is 0 Å². The molecule has 1 unspecified atom stereocenters. The molecule has 21 heavy (non-hydrogen) atoms. The molecule has 106 valence electrons. The Kier molecular flexibility index (Phi) is 3.75. The van der Waals surface area contributed by atoms with Crippen LogP contribution in [-0.2, 0) is 0 Å². The van der Waals surface area contributed by atoms with Gasteiger partial charge in [-0.3, -0.25) is 9.20 Å². The van der Waals surface area contributed by atoms with Crippen LogP contribution in [0, 0.1) is 6.92 Å². The number of fused-ring (bicyclic) bond motifs is 1. The number of Topliss-reactive ketones (excluding diaryl/α,β-unsaturated/α-hetero) is 1. The van der Waals surface area contributed by atoms with Gasteiger partial charge in [0.15, 0.2) is 16.6 Å². The Hall–Kier alpha value is -2.14. The summed E-state index contributed by atoms with van der Waals surface area (Å²) >= 11 is 1.43. The van der Waals surface area contributed by atoms with Crippen molar-refractivity contribution in [2.75, 3.05) is 0 Å². The first-order chi connectivity index (χ1) is 10.1. The molecule has 0 saturated heterocycles. The van der Waals surface area contributed by atoms with Gasteiger partial charge in [0.2, 0.25) is 0 Å². The maximum absolute atomic E-state index is 12.4. The second-order valence-corrected chi connectivity index (χ2v) is 6.21. The van der Waals surface area contributed by atoms with E-state index in [1.807, 2.05) is 66.9 Å². The average Bonchev–Trinajstić information content (AvgIpc) is 2.91. The summed E-state index contributed by atoms with van der Waals surface area (Å²) in [5, 5.41) is 8.77. The highest BCUT2D eigenvalue weighted by Gasteiger charge is 2.19. The van der Waals surface area contributed by atoms with Crippen LogP contribution in [0.3, 0.4) is 0 Å². The third kappa shape index (κ3) is 2.83. The normalized spacial score (nSPS) is 12.5. The van der Waals surface area contributed by atoms with Crippen LogP contribution in [0.4, 0.5) is 0 Å². The summed E-state index contributed by atoms with van der Waals surface area (Å²) < 4.78 is 1.89. The molecule has 0 fully saturated rings. The number of thioether (sulfide) groups is 1. The molecule has 0 spiro atoms.